The smallest absolute Gasteiger partial charge is 0.394 e. The molecule has 0 saturated carbocycles. The molecule has 0 fully saturated rings. The lowest BCUT2D eigenvalue weighted by Crippen LogP contribution is -1.89. The van der Waals surface area contributed by atoms with E-state index in [-0.39, 0.29) is 0 Å². The van der Waals surface area contributed by atoms with Crippen LogP contribution in [0.15, 0.2) is 0 Å². The van der Waals surface area contributed by atoms with Crippen molar-refractivity contribution in [3.63, 3.8) is 0 Å². The Labute approximate surface area is 105 Å². The summed E-state index contributed by atoms with van der Waals surface area (Å²) in [4.78, 5) is 0. The number of rotatable bonds is 9. The molecule has 0 aromatic heterocycles. The molecule has 0 aliphatic carbocycles. The van der Waals surface area contributed by atoms with Crippen molar-refractivity contribution in [2.45, 2.75) is 64.7 Å². The highest BCUT2D eigenvalue weighted by Crippen LogP contribution is 2.08. The minimum Gasteiger partial charge on any atom is -0.396 e. The summed E-state index contributed by atoms with van der Waals surface area (Å²) < 4.78 is 31.6. The van der Waals surface area contributed by atoms with Crippen LogP contribution in [0.2, 0.25) is 0 Å². The highest BCUT2D eigenvalue weighted by Gasteiger charge is 1.90. The number of unbranched alkanes of at least 4 members (excludes halogenated alkanes) is 8. The van der Waals surface area contributed by atoms with Crippen LogP contribution in [0.4, 0.5) is 0 Å². The van der Waals surface area contributed by atoms with E-state index in [1.54, 1.807) is 0 Å². The van der Waals surface area contributed by atoms with E-state index in [1.807, 2.05) is 0 Å². The summed E-state index contributed by atoms with van der Waals surface area (Å²) in [6.45, 7) is 2.62. The summed E-state index contributed by atoms with van der Waals surface area (Å²) in [6.07, 6.45) is 11.8. The molecule has 5 nitrogen and oxygen atoms in total. The van der Waals surface area contributed by atoms with Gasteiger partial charge in [0.2, 0.25) is 0 Å². The van der Waals surface area contributed by atoms with Gasteiger partial charge >= 0.3 is 10.4 Å². The summed E-state index contributed by atoms with van der Waals surface area (Å²) in [7, 11) is -4.67. The van der Waals surface area contributed by atoms with E-state index < -0.39 is 10.4 Å². The van der Waals surface area contributed by atoms with Gasteiger partial charge in [0.15, 0.2) is 0 Å². The maximum Gasteiger partial charge on any atom is 0.394 e. The van der Waals surface area contributed by atoms with Gasteiger partial charge in [-0.05, 0) is 6.42 Å². The average Bonchev–Trinajstić information content (AvgIpc) is 2.20. The van der Waals surface area contributed by atoms with E-state index >= 15 is 0 Å². The van der Waals surface area contributed by atoms with Gasteiger partial charge in [0.25, 0.3) is 0 Å². The van der Waals surface area contributed by atoms with Crippen LogP contribution in [0.25, 0.3) is 0 Å². The Hall–Kier alpha value is -0.170. The zero-order valence-electron chi connectivity index (χ0n) is 10.6. The molecule has 6 heteroatoms. The molecule has 0 aliphatic heterocycles. The molecule has 0 radical (unpaired) electrons. The molecule has 0 heterocycles. The first-order valence-electron chi connectivity index (χ1n) is 6.22. The summed E-state index contributed by atoms with van der Waals surface area (Å²) in [5, 5.41) is 8.54. The third kappa shape index (κ3) is 38.8. The summed E-state index contributed by atoms with van der Waals surface area (Å²) in [5.41, 5.74) is 0. The van der Waals surface area contributed by atoms with Crippen LogP contribution in [-0.2, 0) is 10.4 Å². The lowest BCUT2D eigenvalue weighted by Gasteiger charge is -1.99. The van der Waals surface area contributed by atoms with Crippen LogP contribution in [0.3, 0.4) is 0 Å². The molecule has 0 aliphatic rings. The molecule has 0 saturated heterocycles. The van der Waals surface area contributed by atoms with Crippen molar-refractivity contribution in [2.24, 2.45) is 0 Å². The van der Waals surface area contributed by atoms with Gasteiger partial charge in [-0.3, -0.25) is 9.11 Å². The summed E-state index contributed by atoms with van der Waals surface area (Å²) in [6, 6.07) is 0. The van der Waals surface area contributed by atoms with Gasteiger partial charge < -0.3 is 5.11 Å². The van der Waals surface area contributed by atoms with Gasteiger partial charge in [-0.15, -0.1) is 0 Å². The largest absolute Gasteiger partial charge is 0.396 e. The molecular weight excluding hydrogens is 244 g/mol. The van der Waals surface area contributed by atoms with Crippen molar-refractivity contribution in [2.75, 3.05) is 6.61 Å². The van der Waals surface area contributed by atoms with Gasteiger partial charge in [0, 0.05) is 6.61 Å². The van der Waals surface area contributed by atoms with Crippen molar-refractivity contribution >= 4 is 10.4 Å². The van der Waals surface area contributed by atoms with Crippen LogP contribution in [0.1, 0.15) is 64.7 Å². The number of aliphatic hydroxyl groups is 1. The van der Waals surface area contributed by atoms with Gasteiger partial charge in [-0.25, -0.2) is 0 Å². The Balaban J connectivity index is 0. The quantitative estimate of drug-likeness (QED) is 0.442. The van der Waals surface area contributed by atoms with Crippen molar-refractivity contribution < 1.29 is 22.6 Å². The number of hydrogen-bond acceptors (Lipinski definition) is 3. The minimum atomic E-state index is -4.67. The Morgan fingerprint density at radius 3 is 1.35 bits per heavy atom. The van der Waals surface area contributed by atoms with Gasteiger partial charge in [-0.2, -0.15) is 8.42 Å². The SMILES string of the molecule is CCCCCCCCCCCO.O=S(=O)(O)O. The Bertz CT molecular complexity index is 208. The number of hydrogen-bond donors (Lipinski definition) is 3. The molecule has 0 unspecified atom stereocenters. The van der Waals surface area contributed by atoms with Crippen LogP contribution >= 0.6 is 0 Å². The Morgan fingerprint density at radius 2 is 1.06 bits per heavy atom. The zero-order valence-corrected chi connectivity index (χ0v) is 11.5. The lowest BCUT2D eigenvalue weighted by molar-refractivity contribution is 0.282. The monoisotopic (exact) mass is 270 g/mol. The predicted octanol–water partition coefficient (Wildman–Crippen LogP) is 2.86. The average molecular weight is 270 g/mol. The molecule has 0 aromatic rings. The standard InChI is InChI=1S/C11H24O.H2O4S/c1-2-3-4-5-6-7-8-9-10-11-12;1-5(2,3)4/h12H,2-11H2,1H3;(H2,1,2,3,4). The van der Waals surface area contributed by atoms with E-state index in [4.69, 9.17) is 22.6 Å². The van der Waals surface area contributed by atoms with Gasteiger partial charge in [-0.1, -0.05) is 58.3 Å². The minimum absolute atomic E-state index is 0.371. The first-order chi connectivity index (χ1) is 7.91. The van der Waals surface area contributed by atoms with Crippen LogP contribution in [0, 0.1) is 0 Å². The van der Waals surface area contributed by atoms with Crippen molar-refractivity contribution in [1.82, 2.24) is 0 Å². The van der Waals surface area contributed by atoms with Crippen LogP contribution < -0.4 is 0 Å². The van der Waals surface area contributed by atoms with Crippen LogP contribution in [-0.4, -0.2) is 29.2 Å². The molecule has 0 amide bonds. The Kier molecular flexibility index (Phi) is 15.7. The van der Waals surface area contributed by atoms with Gasteiger partial charge in [0.1, 0.15) is 0 Å². The fourth-order valence-electron chi connectivity index (χ4n) is 1.42. The number of aliphatic hydroxyl groups excluding tert-OH is 1. The van der Waals surface area contributed by atoms with Crippen molar-refractivity contribution in [1.29, 1.82) is 0 Å². The predicted molar refractivity (Wildman–Crippen MR) is 68.5 cm³/mol. The molecule has 0 atom stereocenters. The van der Waals surface area contributed by atoms with Gasteiger partial charge in [0.05, 0.1) is 0 Å². The van der Waals surface area contributed by atoms with E-state index in [1.165, 1.54) is 51.4 Å². The van der Waals surface area contributed by atoms with E-state index in [0.29, 0.717) is 6.61 Å². The topological polar surface area (TPSA) is 94.8 Å². The lowest BCUT2D eigenvalue weighted by atomic mass is 10.1. The highest BCUT2D eigenvalue weighted by atomic mass is 32.3. The molecule has 3 N–H and O–H groups in total. The summed E-state index contributed by atoms with van der Waals surface area (Å²) in [5.74, 6) is 0. The van der Waals surface area contributed by atoms with E-state index in [9.17, 15) is 0 Å². The molecule has 0 bridgehead atoms. The van der Waals surface area contributed by atoms with Crippen molar-refractivity contribution in [3.05, 3.63) is 0 Å². The third-order valence-corrected chi connectivity index (χ3v) is 2.26. The second kappa shape index (κ2) is 13.9. The third-order valence-electron chi connectivity index (χ3n) is 2.26. The fraction of sp³-hybridized carbons (Fsp3) is 1.00. The first-order valence-corrected chi connectivity index (χ1v) is 7.62. The maximum atomic E-state index is 8.74. The molecule has 0 spiro atoms. The molecule has 17 heavy (non-hydrogen) atoms. The molecule has 0 aromatic carbocycles. The zero-order chi connectivity index (χ0) is 13.6. The second-order valence-corrected chi connectivity index (χ2v) is 4.90. The second-order valence-electron chi connectivity index (χ2n) is 4.00. The molecule has 106 valence electrons. The van der Waals surface area contributed by atoms with Crippen LogP contribution in [0.5, 0.6) is 0 Å². The van der Waals surface area contributed by atoms with E-state index in [2.05, 4.69) is 6.92 Å². The fourth-order valence-corrected chi connectivity index (χ4v) is 1.42. The maximum absolute atomic E-state index is 8.74. The van der Waals surface area contributed by atoms with E-state index in [0.717, 1.165) is 6.42 Å². The summed E-state index contributed by atoms with van der Waals surface area (Å²) >= 11 is 0. The molecule has 0 rings (SSSR count). The Morgan fingerprint density at radius 1 is 0.765 bits per heavy atom. The van der Waals surface area contributed by atoms with Crippen molar-refractivity contribution in [3.8, 4) is 0 Å². The normalized spacial score (nSPS) is 10.8. The highest BCUT2D eigenvalue weighted by molar-refractivity contribution is 7.79. The molecular formula is C11H26O5S. The first kappa shape index (κ1) is 19.2.